The van der Waals surface area contributed by atoms with E-state index < -0.39 is 0 Å². The molecular weight excluding hydrogens is 240 g/mol. The van der Waals surface area contributed by atoms with Gasteiger partial charge in [0.05, 0.1) is 13.2 Å². The third kappa shape index (κ3) is 4.06. The zero-order valence-electron chi connectivity index (χ0n) is 12.5. The van der Waals surface area contributed by atoms with Crippen LogP contribution in [0.25, 0.3) is 0 Å². The number of allylic oxidation sites excluding steroid dienone is 4. The van der Waals surface area contributed by atoms with Gasteiger partial charge in [-0.05, 0) is 48.8 Å². The molecule has 0 fully saturated rings. The van der Waals surface area contributed by atoms with Crippen LogP contribution in [0.3, 0.4) is 0 Å². The maximum absolute atomic E-state index is 11.1. The highest BCUT2D eigenvalue weighted by Gasteiger charge is 2.30. The second kappa shape index (κ2) is 6.20. The minimum atomic E-state index is -0.351. The van der Waals surface area contributed by atoms with Crippen LogP contribution in [0.5, 0.6) is 0 Å². The Morgan fingerprint density at radius 3 is 2.68 bits per heavy atom. The molecular formula is C16H24O3. The zero-order chi connectivity index (χ0) is 14.6. The van der Waals surface area contributed by atoms with Crippen molar-refractivity contribution in [1.82, 2.24) is 0 Å². The van der Waals surface area contributed by atoms with Gasteiger partial charge >= 0.3 is 5.97 Å². The van der Waals surface area contributed by atoms with E-state index in [9.17, 15) is 9.90 Å². The highest BCUT2D eigenvalue weighted by Crippen LogP contribution is 2.40. The summed E-state index contributed by atoms with van der Waals surface area (Å²) in [5.41, 5.74) is 3.08. The van der Waals surface area contributed by atoms with Crippen LogP contribution in [0.4, 0.5) is 0 Å². The van der Waals surface area contributed by atoms with E-state index in [1.165, 1.54) is 13.2 Å². The molecule has 0 amide bonds. The number of methoxy groups -OCH3 is 1. The quantitative estimate of drug-likeness (QED) is 0.484. The van der Waals surface area contributed by atoms with Crippen molar-refractivity contribution in [2.75, 3.05) is 7.11 Å². The van der Waals surface area contributed by atoms with E-state index in [1.807, 2.05) is 26.0 Å². The fourth-order valence-electron chi connectivity index (χ4n) is 2.43. The number of hydrogen-bond acceptors (Lipinski definition) is 3. The monoisotopic (exact) mass is 264 g/mol. The molecule has 0 aromatic heterocycles. The van der Waals surface area contributed by atoms with Crippen LogP contribution >= 0.6 is 0 Å². The minimum absolute atomic E-state index is 0.0609. The van der Waals surface area contributed by atoms with Crippen molar-refractivity contribution in [2.45, 2.75) is 46.6 Å². The minimum Gasteiger partial charge on any atom is -0.466 e. The molecule has 0 spiro atoms. The van der Waals surface area contributed by atoms with Crippen molar-refractivity contribution in [2.24, 2.45) is 5.41 Å². The van der Waals surface area contributed by atoms with Crippen LogP contribution in [0.15, 0.2) is 34.9 Å². The molecule has 3 heteroatoms. The van der Waals surface area contributed by atoms with E-state index in [0.717, 1.165) is 29.6 Å². The Kier molecular flexibility index (Phi) is 5.12. The van der Waals surface area contributed by atoms with Crippen molar-refractivity contribution in [1.29, 1.82) is 0 Å². The number of aliphatic hydroxyl groups excluding tert-OH is 1. The Morgan fingerprint density at radius 2 is 2.11 bits per heavy atom. The molecule has 1 N–H and O–H groups in total. The molecule has 0 saturated heterocycles. The Bertz CT molecular complexity index is 439. The number of ether oxygens (including phenoxy) is 1. The van der Waals surface area contributed by atoms with Crippen LogP contribution < -0.4 is 0 Å². The Balaban J connectivity index is 2.98. The lowest BCUT2D eigenvalue weighted by atomic mass is 9.71. The molecule has 0 bridgehead atoms. The molecule has 1 rings (SSSR count). The molecule has 0 aromatic carbocycles. The number of hydrogen-bond donors (Lipinski definition) is 1. The van der Waals surface area contributed by atoms with Crippen LogP contribution in [-0.4, -0.2) is 24.3 Å². The summed E-state index contributed by atoms with van der Waals surface area (Å²) in [4.78, 5) is 11.1. The van der Waals surface area contributed by atoms with Crippen molar-refractivity contribution < 1.29 is 14.6 Å². The predicted octanol–water partition coefficient (Wildman–Crippen LogP) is 3.16. The third-order valence-corrected chi connectivity index (χ3v) is 3.76. The average Bonchev–Trinajstić information content (AvgIpc) is 2.34. The van der Waals surface area contributed by atoms with Gasteiger partial charge in [-0.3, -0.25) is 0 Å². The second-order valence-corrected chi connectivity index (χ2v) is 5.78. The van der Waals surface area contributed by atoms with Gasteiger partial charge in [-0.1, -0.05) is 26.0 Å². The Morgan fingerprint density at radius 1 is 1.47 bits per heavy atom. The van der Waals surface area contributed by atoms with Crippen LogP contribution in [-0.2, 0) is 9.53 Å². The standard InChI is InChI=1S/C16H24O3/c1-11(10-15(18)19-5)6-7-13-12(2)14(17)8-9-16(13,3)4/h6-7,10,14,17H,8-9H2,1-5H3. The van der Waals surface area contributed by atoms with Gasteiger partial charge in [0.1, 0.15) is 0 Å². The number of carbonyl (C=O) groups excluding carboxylic acids is 1. The summed E-state index contributed by atoms with van der Waals surface area (Å²) in [5.74, 6) is -0.351. The fourth-order valence-corrected chi connectivity index (χ4v) is 2.43. The first-order chi connectivity index (χ1) is 8.77. The van der Waals surface area contributed by atoms with Gasteiger partial charge < -0.3 is 9.84 Å². The lowest BCUT2D eigenvalue weighted by Gasteiger charge is -2.35. The molecule has 0 heterocycles. The van der Waals surface area contributed by atoms with E-state index in [0.29, 0.717) is 0 Å². The lowest BCUT2D eigenvalue weighted by Crippen LogP contribution is -2.27. The topological polar surface area (TPSA) is 46.5 Å². The van der Waals surface area contributed by atoms with Gasteiger partial charge in [0, 0.05) is 6.08 Å². The molecule has 106 valence electrons. The molecule has 3 nitrogen and oxygen atoms in total. The van der Waals surface area contributed by atoms with Gasteiger partial charge in [0.15, 0.2) is 0 Å². The molecule has 19 heavy (non-hydrogen) atoms. The number of carbonyl (C=O) groups is 1. The highest BCUT2D eigenvalue weighted by molar-refractivity contribution is 5.83. The summed E-state index contributed by atoms with van der Waals surface area (Å²) < 4.78 is 4.59. The zero-order valence-corrected chi connectivity index (χ0v) is 12.5. The SMILES string of the molecule is COC(=O)C=C(C)C=CC1=C(C)C(O)CCC1(C)C. The third-order valence-electron chi connectivity index (χ3n) is 3.76. The van der Waals surface area contributed by atoms with Crippen molar-refractivity contribution in [3.05, 3.63) is 34.9 Å². The van der Waals surface area contributed by atoms with Gasteiger partial charge in [-0.2, -0.15) is 0 Å². The van der Waals surface area contributed by atoms with E-state index in [2.05, 4.69) is 18.6 Å². The largest absolute Gasteiger partial charge is 0.466 e. The van der Waals surface area contributed by atoms with Crippen molar-refractivity contribution >= 4 is 5.97 Å². The van der Waals surface area contributed by atoms with E-state index in [-0.39, 0.29) is 17.5 Å². The highest BCUT2D eigenvalue weighted by atomic mass is 16.5. The molecule has 1 aliphatic rings. The maximum Gasteiger partial charge on any atom is 0.330 e. The van der Waals surface area contributed by atoms with Crippen LogP contribution in [0, 0.1) is 5.41 Å². The molecule has 0 radical (unpaired) electrons. The second-order valence-electron chi connectivity index (χ2n) is 5.78. The predicted molar refractivity (Wildman–Crippen MR) is 76.6 cm³/mol. The van der Waals surface area contributed by atoms with Crippen molar-refractivity contribution in [3.63, 3.8) is 0 Å². The summed E-state index contributed by atoms with van der Waals surface area (Å²) in [6.07, 6.45) is 6.79. The molecule has 1 atom stereocenters. The van der Waals surface area contributed by atoms with E-state index in [1.54, 1.807) is 0 Å². The molecule has 1 unspecified atom stereocenters. The Hall–Kier alpha value is -1.35. The fraction of sp³-hybridized carbons (Fsp3) is 0.562. The van der Waals surface area contributed by atoms with Crippen LogP contribution in [0.1, 0.15) is 40.5 Å². The normalized spacial score (nSPS) is 23.9. The first-order valence-corrected chi connectivity index (χ1v) is 6.61. The molecule has 0 saturated carbocycles. The average molecular weight is 264 g/mol. The summed E-state index contributed by atoms with van der Waals surface area (Å²) in [6, 6.07) is 0. The summed E-state index contributed by atoms with van der Waals surface area (Å²) >= 11 is 0. The number of aliphatic hydroxyl groups is 1. The van der Waals surface area contributed by atoms with Crippen molar-refractivity contribution in [3.8, 4) is 0 Å². The van der Waals surface area contributed by atoms with Gasteiger partial charge in [0.2, 0.25) is 0 Å². The first kappa shape index (κ1) is 15.7. The van der Waals surface area contributed by atoms with E-state index in [4.69, 9.17) is 0 Å². The van der Waals surface area contributed by atoms with Gasteiger partial charge in [0.25, 0.3) is 0 Å². The van der Waals surface area contributed by atoms with Crippen LogP contribution in [0.2, 0.25) is 0 Å². The smallest absolute Gasteiger partial charge is 0.330 e. The molecule has 0 aliphatic heterocycles. The summed E-state index contributed by atoms with van der Waals surface area (Å²) in [5, 5.41) is 9.95. The maximum atomic E-state index is 11.1. The lowest BCUT2D eigenvalue weighted by molar-refractivity contribution is -0.134. The Labute approximate surface area is 115 Å². The van der Waals surface area contributed by atoms with E-state index >= 15 is 0 Å². The molecule has 1 aliphatic carbocycles. The summed E-state index contributed by atoms with van der Waals surface area (Å²) in [6.45, 7) is 8.20. The first-order valence-electron chi connectivity index (χ1n) is 6.61. The number of rotatable bonds is 3. The molecule has 0 aromatic rings. The number of esters is 1. The summed E-state index contributed by atoms with van der Waals surface area (Å²) in [7, 11) is 1.36. The van der Waals surface area contributed by atoms with Gasteiger partial charge in [-0.25, -0.2) is 4.79 Å². The van der Waals surface area contributed by atoms with Gasteiger partial charge in [-0.15, -0.1) is 0 Å².